The Morgan fingerprint density at radius 3 is 2.87 bits per heavy atom. The van der Waals surface area contributed by atoms with Crippen LogP contribution < -0.4 is 0 Å². The Bertz CT molecular complexity index is 718. The van der Waals surface area contributed by atoms with Crippen LogP contribution in [0.1, 0.15) is 26.2 Å². The smallest absolute Gasteiger partial charge is 0.276 e. The molecule has 1 aliphatic rings. The Balaban J connectivity index is 1.78. The average molecular weight is 339 g/mol. The van der Waals surface area contributed by atoms with E-state index in [1.165, 1.54) is 10.4 Å². The number of aromatic amines is 1. The minimum Gasteiger partial charge on any atom is -0.442 e. The molecule has 23 heavy (non-hydrogen) atoms. The normalized spacial score (nSPS) is 19.3. The first kappa shape index (κ1) is 16.2. The molecule has 0 aromatic carbocycles. The van der Waals surface area contributed by atoms with Gasteiger partial charge in [0.2, 0.25) is 5.09 Å². The topological polar surface area (TPSA) is 88.4 Å². The van der Waals surface area contributed by atoms with Crippen LogP contribution in [0.15, 0.2) is 33.9 Å². The minimum absolute atomic E-state index is 0.0412. The molecule has 1 fully saturated rings. The van der Waals surface area contributed by atoms with Gasteiger partial charge in [0.05, 0.1) is 6.10 Å². The molecule has 3 heterocycles. The molecule has 2 aromatic heterocycles. The van der Waals surface area contributed by atoms with Gasteiger partial charge in [0, 0.05) is 25.9 Å². The van der Waals surface area contributed by atoms with Gasteiger partial charge in [0.25, 0.3) is 10.0 Å². The molecule has 1 N–H and O–H groups in total. The molecule has 1 saturated heterocycles. The van der Waals surface area contributed by atoms with E-state index in [4.69, 9.17) is 9.15 Å². The van der Waals surface area contributed by atoms with E-state index < -0.39 is 10.0 Å². The number of likely N-dealkylation sites (N-methyl/N-ethyl adjacent to an activating group) is 1. The number of sulfonamides is 1. The quantitative estimate of drug-likeness (QED) is 0.872. The highest BCUT2D eigenvalue weighted by Gasteiger charge is 2.30. The zero-order valence-electron chi connectivity index (χ0n) is 13.1. The fourth-order valence-corrected chi connectivity index (χ4v) is 4.09. The summed E-state index contributed by atoms with van der Waals surface area (Å²) in [4.78, 5) is 0. The highest BCUT2D eigenvalue weighted by atomic mass is 32.2. The summed E-state index contributed by atoms with van der Waals surface area (Å²) in [6.45, 7) is 3.26. The fourth-order valence-electron chi connectivity index (χ4n) is 2.70. The number of ether oxygens (including phenoxy) is 1. The Morgan fingerprint density at radius 1 is 1.35 bits per heavy atom. The third-order valence-electron chi connectivity index (χ3n) is 3.98. The summed E-state index contributed by atoms with van der Waals surface area (Å²) >= 11 is 0. The van der Waals surface area contributed by atoms with E-state index >= 15 is 0 Å². The van der Waals surface area contributed by atoms with Crippen molar-refractivity contribution in [3.8, 4) is 11.5 Å². The summed E-state index contributed by atoms with van der Waals surface area (Å²) in [6.07, 6.45) is 4.56. The van der Waals surface area contributed by atoms with Gasteiger partial charge in [0.1, 0.15) is 5.69 Å². The second-order valence-corrected chi connectivity index (χ2v) is 7.40. The van der Waals surface area contributed by atoms with Crippen LogP contribution in [0.2, 0.25) is 0 Å². The molecule has 3 rings (SSSR count). The number of nitrogens with one attached hydrogen (secondary N) is 1. The van der Waals surface area contributed by atoms with Gasteiger partial charge in [-0.05, 0) is 37.5 Å². The van der Waals surface area contributed by atoms with Crippen LogP contribution in [0.5, 0.6) is 0 Å². The average Bonchev–Trinajstić information content (AvgIpc) is 3.24. The van der Waals surface area contributed by atoms with Crippen molar-refractivity contribution >= 4 is 10.0 Å². The van der Waals surface area contributed by atoms with Crippen molar-refractivity contribution in [2.45, 2.75) is 37.4 Å². The molecule has 0 unspecified atom stereocenters. The Morgan fingerprint density at radius 2 is 2.22 bits per heavy atom. The molecule has 2 aromatic rings. The van der Waals surface area contributed by atoms with E-state index in [1.54, 1.807) is 18.3 Å². The lowest BCUT2D eigenvalue weighted by Crippen LogP contribution is -2.39. The molecular formula is C15H21N3O4S. The number of furan rings is 1. The van der Waals surface area contributed by atoms with Crippen molar-refractivity contribution < 1.29 is 17.6 Å². The SMILES string of the molecule is CCN(C[C@H]1CCCCO1)S(=O)(=O)c1ccc(-c2ccn[nH]2)o1. The van der Waals surface area contributed by atoms with Gasteiger partial charge in [-0.15, -0.1) is 0 Å². The number of H-pyrrole nitrogens is 1. The summed E-state index contributed by atoms with van der Waals surface area (Å²) in [5.41, 5.74) is 0.644. The van der Waals surface area contributed by atoms with Crippen molar-refractivity contribution in [2.24, 2.45) is 0 Å². The second-order valence-electron chi connectivity index (χ2n) is 5.53. The third kappa shape index (κ3) is 3.49. The van der Waals surface area contributed by atoms with Crippen molar-refractivity contribution in [1.29, 1.82) is 0 Å². The highest BCUT2D eigenvalue weighted by molar-refractivity contribution is 7.89. The van der Waals surface area contributed by atoms with Crippen LogP contribution in [-0.2, 0) is 14.8 Å². The minimum atomic E-state index is -3.67. The van der Waals surface area contributed by atoms with Crippen LogP contribution in [-0.4, -0.2) is 48.7 Å². The largest absolute Gasteiger partial charge is 0.442 e. The lowest BCUT2D eigenvalue weighted by Gasteiger charge is -2.28. The zero-order valence-corrected chi connectivity index (χ0v) is 13.9. The first-order chi connectivity index (χ1) is 11.1. The monoisotopic (exact) mass is 339 g/mol. The predicted molar refractivity (Wildman–Crippen MR) is 84.3 cm³/mol. The van der Waals surface area contributed by atoms with E-state index in [9.17, 15) is 8.42 Å². The molecule has 1 aliphatic heterocycles. The summed E-state index contributed by atoms with van der Waals surface area (Å²) in [5.74, 6) is 0.450. The van der Waals surface area contributed by atoms with E-state index in [2.05, 4.69) is 10.2 Å². The second kappa shape index (κ2) is 6.86. The van der Waals surface area contributed by atoms with E-state index in [0.29, 0.717) is 31.2 Å². The standard InChI is InChI=1S/C15H21N3O4S/c1-2-18(11-12-5-3-4-10-21-12)23(19,20)15-7-6-14(22-15)13-8-9-16-17-13/h6-9,12H,2-5,10-11H2,1H3,(H,16,17)/t12-/m1/s1. The van der Waals surface area contributed by atoms with Gasteiger partial charge < -0.3 is 9.15 Å². The summed E-state index contributed by atoms with van der Waals surface area (Å²) in [7, 11) is -3.67. The van der Waals surface area contributed by atoms with E-state index in [-0.39, 0.29) is 11.2 Å². The zero-order chi connectivity index (χ0) is 16.3. The van der Waals surface area contributed by atoms with Crippen molar-refractivity contribution in [1.82, 2.24) is 14.5 Å². The van der Waals surface area contributed by atoms with Crippen molar-refractivity contribution in [2.75, 3.05) is 19.7 Å². The number of hydrogen-bond acceptors (Lipinski definition) is 5. The molecule has 0 spiro atoms. The van der Waals surface area contributed by atoms with Gasteiger partial charge in [-0.25, -0.2) is 8.42 Å². The van der Waals surface area contributed by atoms with Crippen LogP contribution in [0.4, 0.5) is 0 Å². The molecule has 126 valence electrons. The Hall–Kier alpha value is -1.64. The number of aromatic nitrogens is 2. The lowest BCUT2D eigenvalue weighted by atomic mass is 10.1. The van der Waals surface area contributed by atoms with E-state index in [1.807, 2.05) is 6.92 Å². The number of nitrogens with zero attached hydrogens (tertiary/aromatic N) is 2. The summed E-state index contributed by atoms with van der Waals surface area (Å²) in [5, 5.41) is 6.54. The maximum Gasteiger partial charge on any atom is 0.276 e. The Kier molecular flexibility index (Phi) is 4.84. The molecule has 0 aliphatic carbocycles. The molecule has 0 amide bonds. The predicted octanol–water partition coefficient (Wildman–Crippen LogP) is 2.25. The van der Waals surface area contributed by atoms with E-state index in [0.717, 1.165) is 19.3 Å². The number of hydrogen-bond donors (Lipinski definition) is 1. The van der Waals surface area contributed by atoms with Gasteiger partial charge in [-0.3, -0.25) is 5.10 Å². The fraction of sp³-hybridized carbons (Fsp3) is 0.533. The number of rotatable bonds is 6. The molecule has 1 atom stereocenters. The first-order valence-corrected chi connectivity index (χ1v) is 9.26. The van der Waals surface area contributed by atoms with Crippen LogP contribution in [0, 0.1) is 0 Å². The third-order valence-corrected chi connectivity index (χ3v) is 5.79. The van der Waals surface area contributed by atoms with Gasteiger partial charge in [0.15, 0.2) is 5.76 Å². The van der Waals surface area contributed by atoms with Gasteiger partial charge in [-0.2, -0.15) is 9.40 Å². The first-order valence-electron chi connectivity index (χ1n) is 7.82. The molecule has 0 radical (unpaired) electrons. The molecule has 8 heteroatoms. The molecular weight excluding hydrogens is 318 g/mol. The lowest BCUT2D eigenvalue weighted by molar-refractivity contribution is 0.00656. The van der Waals surface area contributed by atoms with Crippen LogP contribution in [0.3, 0.4) is 0 Å². The molecule has 0 bridgehead atoms. The van der Waals surface area contributed by atoms with Crippen molar-refractivity contribution in [3.63, 3.8) is 0 Å². The molecule has 0 saturated carbocycles. The van der Waals surface area contributed by atoms with Crippen LogP contribution >= 0.6 is 0 Å². The van der Waals surface area contributed by atoms with Gasteiger partial charge in [-0.1, -0.05) is 6.92 Å². The Labute approximate surface area is 135 Å². The van der Waals surface area contributed by atoms with Crippen LogP contribution in [0.25, 0.3) is 11.5 Å². The van der Waals surface area contributed by atoms with Gasteiger partial charge >= 0.3 is 0 Å². The molecule has 7 nitrogen and oxygen atoms in total. The maximum absolute atomic E-state index is 12.8. The highest BCUT2D eigenvalue weighted by Crippen LogP contribution is 2.25. The summed E-state index contributed by atoms with van der Waals surface area (Å²) in [6, 6.07) is 4.84. The van der Waals surface area contributed by atoms with Crippen molar-refractivity contribution in [3.05, 3.63) is 24.4 Å². The summed E-state index contributed by atoms with van der Waals surface area (Å²) < 4.78 is 38.1. The maximum atomic E-state index is 12.8.